The van der Waals surface area contributed by atoms with Crippen molar-refractivity contribution in [2.75, 3.05) is 26.7 Å². The molecule has 1 aliphatic heterocycles. The maximum absolute atomic E-state index is 12.0. The molecule has 1 saturated heterocycles. The average Bonchev–Trinajstić information content (AvgIpc) is 2.41. The van der Waals surface area contributed by atoms with Gasteiger partial charge in [-0.15, -0.1) is 0 Å². The van der Waals surface area contributed by atoms with Gasteiger partial charge in [-0.3, -0.25) is 4.79 Å². The van der Waals surface area contributed by atoms with Gasteiger partial charge < -0.3 is 15.3 Å². The van der Waals surface area contributed by atoms with Crippen molar-refractivity contribution in [3.63, 3.8) is 0 Å². The minimum Gasteiger partial charge on any atom is -0.388 e. The summed E-state index contributed by atoms with van der Waals surface area (Å²) >= 11 is 0. The Labute approximate surface area is 114 Å². The summed E-state index contributed by atoms with van der Waals surface area (Å²) < 4.78 is 0. The third-order valence-corrected chi connectivity index (χ3v) is 3.81. The Morgan fingerprint density at radius 2 is 1.89 bits per heavy atom. The molecule has 0 saturated carbocycles. The summed E-state index contributed by atoms with van der Waals surface area (Å²) in [5.74, 6) is -0.118. The molecule has 0 spiro atoms. The number of nitrogens with one attached hydrogen (secondary N) is 1. The van der Waals surface area contributed by atoms with E-state index in [1.807, 2.05) is 38.2 Å². The van der Waals surface area contributed by atoms with Gasteiger partial charge in [-0.2, -0.15) is 0 Å². The van der Waals surface area contributed by atoms with E-state index in [1.54, 1.807) is 0 Å². The lowest BCUT2D eigenvalue weighted by Crippen LogP contribution is -2.50. The van der Waals surface area contributed by atoms with E-state index in [1.165, 1.54) is 0 Å². The number of carbonyl (C=O) groups is 1. The average molecular weight is 262 g/mol. The number of likely N-dealkylation sites (tertiary alicyclic amines) is 1. The molecule has 4 nitrogen and oxygen atoms in total. The van der Waals surface area contributed by atoms with Crippen LogP contribution in [0.4, 0.5) is 0 Å². The van der Waals surface area contributed by atoms with Gasteiger partial charge in [-0.05, 0) is 38.9 Å². The third-order valence-electron chi connectivity index (χ3n) is 3.81. The lowest BCUT2D eigenvalue weighted by molar-refractivity contribution is -0.0135. The van der Waals surface area contributed by atoms with Gasteiger partial charge in [0.25, 0.3) is 5.91 Å². The Morgan fingerprint density at radius 3 is 2.47 bits per heavy atom. The van der Waals surface area contributed by atoms with E-state index in [0.29, 0.717) is 24.9 Å². The van der Waals surface area contributed by atoms with Crippen molar-refractivity contribution in [2.45, 2.75) is 25.4 Å². The molecule has 19 heavy (non-hydrogen) atoms. The molecule has 1 fully saturated rings. The summed E-state index contributed by atoms with van der Waals surface area (Å²) in [5.41, 5.74) is 1.01. The van der Waals surface area contributed by atoms with E-state index in [-0.39, 0.29) is 5.91 Å². The number of hydrogen-bond donors (Lipinski definition) is 2. The van der Waals surface area contributed by atoms with E-state index >= 15 is 0 Å². The molecule has 1 aromatic rings. The first-order valence-corrected chi connectivity index (χ1v) is 6.74. The van der Waals surface area contributed by atoms with Crippen LogP contribution in [-0.2, 0) is 0 Å². The van der Waals surface area contributed by atoms with E-state index < -0.39 is 5.60 Å². The molecule has 1 heterocycles. The fourth-order valence-electron chi connectivity index (χ4n) is 2.26. The highest BCUT2D eigenvalue weighted by Crippen LogP contribution is 2.20. The number of benzene rings is 1. The monoisotopic (exact) mass is 262 g/mol. The molecular weight excluding hydrogens is 240 g/mol. The predicted octanol–water partition coefficient (Wildman–Crippen LogP) is 1.18. The van der Waals surface area contributed by atoms with Crippen molar-refractivity contribution in [1.82, 2.24) is 10.2 Å². The summed E-state index contributed by atoms with van der Waals surface area (Å²) in [6, 6.07) is 7.45. The van der Waals surface area contributed by atoms with Gasteiger partial charge in [0.2, 0.25) is 0 Å². The van der Waals surface area contributed by atoms with E-state index in [0.717, 1.165) is 18.7 Å². The smallest absolute Gasteiger partial charge is 0.251 e. The Balaban J connectivity index is 1.88. The zero-order chi connectivity index (χ0) is 13.9. The zero-order valence-electron chi connectivity index (χ0n) is 11.6. The molecule has 0 unspecified atom stereocenters. The summed E-state index contributed by atoms with van der Waals surface area (Å²) in [7, 11) is 2.05. The number of nitrogens with zero attached hydrogens (tertiary/aromatic N) is 1. The second-order valence-electron chi connectivity index (χ2n) is 5.58. The molecule has 0 atom stereocenters. The van der Waals surface area contributed by atoms with Crippen LogP contribution in [0, 0.1) is 6.92 Å². The number of amides is 1. The van der Waals surface area contributed by atoms with Crippen molar-refractivity contribution in [3.8, 4) is 0 Å². The highest BCUT2D eigenvalue weighted by molar-refractivity contribution is 5.94. The van der Waals surface area contributed by atoms with Crippen LogP contribution in [0.3, 0.4) is 0 Å². The summed E-state index contributed by atoms with van der Waals surface area (Å²) in [6.07, 6.45) is 1.41. The van der Waals surface area contributed by atoms with Crippen LogP contribution in [0.1, 0.15) is 28.8 Å². The Bertz CT molecular complexity index is 434. The quantitative estimate of drug-likeness (QED) is 0.860. The van der Waals surface area contributed by atoms with Crippen molar-refractivity contribution in [3.05, 3.63) is 35.4 Å². The fraction of sp³-hybridized carbons (Fsp3) is 0.533. The molecule has 1 aliphatic rings. The molecule has 104 valence electrons. The van der Waals surface area contributed by atoms with Crippen LogP contribution >= 0.6 is 0 Å². The highest BCUT2D eigenvalue weighted by Gasteiger charge is 2.31. The summed E-state index contributed by atoms with van der Waals surface area (Å²) in [5, 5.41) is 13.2. The van der Waals surface area contributed by atoms with E-state index in [4.69, 9.17) is 0 Å². The van der Waals surface area contributed by atoms with Gasteiger partial charge in [-0.25, -0.2) is 0 Å². The fourth-order valence-corrected chi connectivity index (χ4v) is 2.26. The standard InChI is InChI=1S/C15H22N2O2/c1-12-3-5-13(6-4-12)14(18)16-11-15(19)7-9-17(2)10-8-15/h3-6,19H,7-11H2,1-2H3,(H,16,18). The van der Waals surface area contributed by atoms with Gasteiger partial charge >= 0.3 is 0 Å². The Kier molecular flexibility index (Phi) is 4.22. The normalized spacial score (nSPS) is 19.1. The summed E-state index contributed by atoms with van der Waals surface area (Å²) in [6.45, 7) is 4.06. The van der Waals surface area contributed by atoms with Gasteiger partial charge in [0, 0.05) is 25.2 Å². The van der Waals surface area contributed by atoms with Crippen molar-refractivity contribution in [2.24, 2.45) is 0 Å². The maximum atomic E-state index is 12.0. The first-order chi connectivity index (χ1) is 8.98. The van der Waals surface area contributed by atoms with Crippen molar-refractivity contribution in [1.29, 1.82) is 0 Å². The molecule has 1 aromatic carbocycles. The zero-order valence-corrected chi connectivity index (χ0v) is 11.6. The van der Waals surface area contributed by atoms with Crippen LogP contribution in [0.5, 0.6) is 0 Å². The molecule has 1 amide bonds. The van der Waals surface area contributed by atoms with Gasteiger partial charge in [0.1, 0.15) is 0 Å². The minimum atomic E-state index is -0.757. The molecule has 0 bridgehead atoms. The van der Waals surface area contributed by atoms with E-state index in [2.05, 4.69) is 10.2 Å². The van der Waals surface area contributed by atoms with Crippen LogP contribution in [-0.4, -0.2) is 48.2 Å². The second-order valence-corrected chi connectivity index (χ2v) is 5.58. The van der Waals surface area contributed by atoms with Crippen molar-refractivity contribution >= 4 is 5.91 Å². The topological polar surface area (TPSA) is 52.6 Å². The van der Waals surface area contributed by atoms with Crippen LogP contribution in [0.2, 0.25) is 0 Å². The molecule has 2 N–H and O–H groups in total. The number of piperidine rings is 1. The molecule has 2 rings (SSSR count). The van der Waals surface area contributed by atoms with Gasteiger partial charge in [0.15, 0.2) is 0 Å². The van der Waals surface area contributed by atoms with Crippen LogP contribution < -0.4 is 5.32 Å². The largest absolute Gasteiger partial charge is 0.388 e. The van der Waals surface area contributed by atoms with Gasteiger partial charge in [0.05, 0.1) is 5.60 Å². The first-order valence-electron chi connectivity index (χ1n) is 6.74. The Morgan fingerprint density at radius 1 is 1.32 bits per heavy atom. The maximum Gasteiger partial charge on any atom is 0.251 e. The number of carbonyl (C=O) groups excluding carboxylic acids is 1. The molecular formula is C15H22N2O2. The highest BCUT2D eigenvalue weighted by atomic mass is 16.3. The predicted molar refractivity (Wildman–Crippen MR) is 75.2 cm³/mol. The van der Waals surface area contributed by atoms with Crippen LogP contribution in [0.25, 0.3) is 0 Å². The first kappa shape index (κ1) is 14.0. The summed E-state index contributed by atoms with van der Waals surface area (Å²) in [4.78, 5) is 14.2. The number of hydrogen-bond acceptors (Lipinski definition) is 3. The number of aryl methyl sites for hydroxylation is 1. The van der Waals surface area contributed by atoms with E-state index in [9.17, 15) is 9.90 Å². The number of aliphatic hydroxyl groups is 1. The SMILES string of the molecule is Cc1ccc(C(=O)NCC2(O)CCN(C)CC2)cc1. The lowest BCUT2D eigenvalue weighted by Gasteiger charge is -2.36. The van der Waals surface area contributed by atoms with Crippen LogP contribution in [0.15, 0.2) is 24.3 Å². The van der Waals surface area contributed by atoms with Crippen molar-refractivity contribution < 1.29 is 9.90 Å². The van der Waals surface area contributed by atoms with Gasteiger partial charge in [-0.1, -0.05) is 17.7 Å². The Hall–Kier alpha value is -1.39. The number of rotatable bonds is 3. The molecule has 0 radical (unpaired) electrons. The molecule has 0 aliphatic carbocycles. The minimum absolute atomic E-state index is 0.118. The molecule has 4 heteroatoms. The lowest BCUT2D eigenvalue weighted by atomic mass is 9.91. The second kappa shape index (κ2) is 5.72. The molecule has 0 aromatic heterocycles. The third kappa shape index (κ3) is 3.78.